The van der Waals surface area contributed by atoms with E-state index in [4.69, 9.17) is 18.5 Å². The summed E-state index contributed by atoms with van der Waals surface area (Å²) >= 11 is 0. The van der Waals surface area contributed by atoms with E-state index in [9.17, 15) is 49.4 Å². The molecule has 0 bridgehead atoms. The van der Waals surface area contributed by atoms with Crippen molar-refractivity contribution in [1.29, 1.82) is 0 Å². The van der Waals surface area contributed by atoms with Gasteiger partial charge in [0.05, 0.1) is 6.61 Å². The van der Waals surface area contributed by atoms with Crippen LogP contribution in [0.1, 0.15) is 168 Å². The Balaban J connectivity index is 2.53. The van der Waals surface area contributed by atoms with E-state index in [1.807, 2.05) is 6.08 Å². The Morgan fingerprint density at radius 2 is 0.955 bits per heavy atom. The lowest BCUT2D eigenvalue weighted by Crippen LogP contribution is -2.64. The van der Waals surface area contributed by atoms with Gasteiger partial charge in [-0.15, -0.1) is 0 Å². The van der Waals surface area contributed by atoms with Crippen molar-refractivity contribution in [3.63, 3.8) is 0 Å². The predicted octanol–water partition coefficient (Wildman–Crippen LogP) is 9.63. The normalized spacial score (nSPS) is 21.8. The lowest BCUT2D eigenvalue weighted by Gasteiger charge is -2.41. The third-order valence-corrected chi connectivity index (χ3v) is 11.9. The van der Waals surface area contributed by atoms with Crippen molar-refractivity contribution in [2.24, 2.45) is 0 Å². The standard InChI is InChI=1S/C52H85O14P/c1-3-5-7-9-11-13-15-17-18-19-20-21-22-23-25-27-29-31-33-35-39-46(55)65-44(42-64-67(61,62)66-52-50(59)48(57)47(56)49(58)51(52)60)41-63-45(54)40-36-38-43(53)37-34-32-30-28-26-24-16-14-12-10-8-6-4-2/h12-15,18-19,21-22,24,26,30,32,34,37,44,47-52,56-60H,3-11,16-17,20,23,25,27-29,31,33,35-36,38-42H2,1-2H3,(H,61,62)/b14-12-,15-13-,19-18-,22-21-,26-24-,32-30-,37-34+/t44-,47?,48-,49+,50-,51-,52?/m1/s1. The van der Waals surface area contributed by atoms with Gasteiger partial charge in [0.25, 0.3) is 0 Å². The van der Waals surface area contributed by atoms with Crippen molar-refractivity contribution in [3.8, 4) is 0 Å². The zero-order valence-corrected chi connectivity index (χ0v) is 41.3. The highest BCUT2D eigenvalue weighted by atomic mass is 31.2. The number of hydrogen-bond acceptors (Lipinski definition) is 13. The fourth-order valence-corrected chi connectivity index (χ4v) is 7.87. The molecule has 0 radical (unpaired) electrons. The van der Waals surface area contributed by atoms with Crippen molar-refractivity contribution < 1.29 is 67.9 Å². The minimum atomic E-state index is -5.19. The third-order valence-electron chi connectivity index (χ3n) is 10.9. The summed E-state index contributed by atoms with van der Waals surface area (Å²) in [6.45, 7) is 3.03. The molecule has 1 rings (SSSR count). The maximum atomic E-state index is 12.8. The van der Waals surface area contributed by atoms with Crippen LogP contribution in [0.2, 0.25) is 0 Å². The molecule has 0 spiro atoms. The second kappa shape index (κ2) is 40.6. The van der Waals surface area contributed by atoms with Gasteiger partial charge in [-0.05, 0) is 83.1 Å². The average Bonchev–Trinajstić information content (AvgIpc) is 3.30. The summed E-state index contributed by atoms with van der Waals surface area (Å²) in [4.78, 5) is 48.1. The summed E-state index contributed by atoms with van der Waals surface area (Å²) in [6, 6.07) is 0. The smallest absolute Gasteiger partial charge is 0.462 e. The van der Waals surface area contributed by atoms with E-state index in [1.54, 1.807) is 12.2 Å². The molecule has 1 aliphatic carbocycles. The average molecular weight is 965 g/mol. The molecule has 0 aliphatic heterocycles. The fourth-order valence-electron chi connectivity index (χ4n) is 6.89. The summed E-state index contributed by atoms with van der Waals surface area (Å²) in [7, 11) is -5.19. The molecular formula is C52H85O14P. The Morgan fingerprint density at radius 1 is 0.507 bits per heavy atom. The first kappa shape index (κ1) is 61.7. The molecule has 6 N–H and O–H groups in total. The van der Waals surface area contributed by atoms with Crippen molar-refractivity contribution >= 4 is 25.5 Å². The first-order chi connectivity index (χ1) is 32.3. The first-order valence-corrected chi connectivity index (χ1v) is 26.3. The van der Waals surface area contributed by atoms with Crippen molar-refractivity contribution in [2.45, 2.75) is 211 Å². The molecule has 0 aromatic rings. The van der Waals surface area contributed by atoms with E-state index in [-0.39, 0.29) is 31.5 Å². The summed E-state index contributed by atoms with van der Waals surface area (Å²) < 4.78 is 33.4. The Kier molecular flexibility index (Phi) is 37.4. The van der Waals surface area contributed by atoms with Gasteiger partial charge in [-0.2, -0.15) is 0 Å². The van der Waals surface area contributed by atoms with Gasteiger partial charge in [0.2, 0.25) is 0 Å². The zero-order chi connectivity index (χ0) is 49.4. The molecule has 0 heterocycles. The maximum Gasteiger partial charge on any atom is 0.472 e. The van der Waals surface area contributed by atoms with Crippen LogP contribution >= 0.6 is 7.82 Å². The molecule has 0 aromatic carbocycles. The quantitative estimate of drug-likeness (QED) is 0.00840. The number of hydrogen-bond donors (Lipinski definition) is 6. The minimum Gasteiger partial charge on any atom is -0.462 e. The minimum absolute atomic E-state index is 0.0275. The monoisotopic (exact) mass is 965 g/mol. The van der Waals surface area contributed by atoms with Crippen LogP contribution in [0.5, 0.6) is 0 Å². The number of ether oxygens (including phenoxy) is 2. The molecule has 3 unspecified atom stereocenters. The molecule has 15 heteroatoms. The van der Waals surface area contributed by atoms with Crippen molar-refractivity contribution in [2.75, 3.05) is 13.2 Å². The van der Waals surface area contributed by atoms with Crippen LogP contribution in [-0.4, -0.2) is 104 Å². The van der Waals surface area contributed by atoms with Gasteiger partial charge in [0, 0.05) is 19.3 Å². The zero-order valence-electron chi connectivity index (χ0n) is 40.4. The van der Waals surface area contributed by atoms with Gasteiger partial charge >= 0.3 is 19.8 Å². The SMILES string of the molecule is CCCCC/C=C\C/C=C\C/C=C\C=C\C(=O)CCCC(=O)OC[C@H](COP(=O)(O)OC1[C@H](O)[C@H](O)C(O)[C@H](O)[C@H]1O)OC(=O)CCCCCCCC/C=C\C/C=C\C/C=C\CCCCCC. The molecule has 0 amide bonds. The fraction of sp³-hybridized carbons (Fsp3) is 0.673. The number of rotatable bonds is 40. The van der Waals surface area contributed by atoms with E-state index in [1.165, 1.54) is 51.0 Å². The molecule has 14 nitrogen and oxygen atoms in total. The van der Waals surface area contributed by atoms with E-state index in [0.29, 0.717) is 6.42 Å². The number of carbonyl (C=O) groups excluding carboxylic acids is 3. The maximum absolute atomic E-state index is 12.8. The van der Waals surface area contributed by atoms with Crippen LogP contribution in [0, 0.1) is 0 Å². The van der Waals surface area contributed by atoms with E-state index in [0.717, 1.165) is 77.0 Å². The second-order valence-corrected chi connectivity index (χ2v) is 18.4. The number of aliphatic hydroxyl groups excluding tert-OH is 5. The van der Waals surface area contributed by atoms with Gasteiger partial charge in [-0.3, -0.25) is 23.4 Å². The highest BCUT2D eigenvalue weighted by Crippen LogP contribution is 2.47. The van der Waals surface area contributed by atoms with Crippen molar-refractivity contribution in [3.05, 3.63) is 85.1 Å². The molecule has 382 valence electrons. The Bertz CT molecular complexity index is 1550. The topological polar surface area (TPSA) is 227 Å². The number of unbranched alkanes of at least 4 members (excludes halogenated alkanes) is 13. The molecule has 0 aromatic heterocycles. The Hall–Kier alpha value is -3.30. The van der Waals surface area contributed by atoms with E-state index >= 15 is 0 Å². The highest BCUT2D eigenvalue weighted by molar-refractivity contribution is 7.47. The van der Waals surface area contributed by atoms with Gasteiger partial charge in [-0.25, -0.2) is 4.57 Å². The van der Waals surface area contributed by atoms with Crippen LogP contribution in [0.25, 0.3) is 0 Å². The van der Waals surface area contributed by atoms with Gasteiger partial charge < -0.3 is 39.9 Å². The van der Waals surface area contributed by atoms with E-state index in [2.05, 4.69) is 74.6 Å². The summed E-state index contributed by atoms with van der Waals surface area (Å²) in [5.41, 5.74) is 0. The number of allylic oxidation sites excluding steroid dienone is 14. The lowest BCUT2D eigenvalue weighted by atomic mass is 9.85. The van der Waals surface area contributed by atoms with Crippen LogP contribution in [-0.2, 0) is 37.5 Å². The number of carbonyl (C=O) groups is 3. The van der Waals surface area contributed by atoms with Crippen LogP contribution in [0.3, 0.4) is 0 Å². The van der Waals surface area contributed by atoms with Gasteiger partial charge in [-0.1, -0.05) is 151 Å². The number of ketones is 1. The molecule has 1 saturated carbocycles. The number of phosphoric acid groups is 1. The second-order valence-electron chi connectivity index (χ2n) is 17.0. The van der Waals surface area contributed by atoms with Crippen molar-refractivity contribution in [1.82, 2.24) is 0 Å². The van der Waals surface area contributed by atoms with Gasteiger partial charge in [0.15, 0.2) is 11.9 Å². The summed E-state index contributed by atoms with van der Waals surface area (Å²) in [5.74, 6) is -1.55. The predicted molar refractivity (Wildman–Crippen MR) is 263 cm³/mol. The molecule has 67 heavy (non-hydrogen) atoms. The first-order valence-electron chi connectivity index (χ1n) is 24.8. The largest absolute Gasteiger partial charge is 0.472 e. The van der Waals surface area contributed by atoms with Crippen LogP contribution in [0.4, 0.5) is 0 Å². The molecule has 1 aliphatic rings. The van der Waals surface area contributed by atoms with Gasteiger partial charge in [0.1, 0.15) is 43.2 Å². The molecule has 8 atom stereocenters. The Labute approximate surface area is 401 Å². The molecule has 1 fully saturated rings. The molecule has 0 saturated heterocycles. The number of aliphatic hydroxyl groups is 5. The summed E-state index contributed by atoms with van der Waals surface area (Å²) in [6.07, 6.45) is 36.2. The van der Waals surface area contributed by atoms with E-state index < -0.39 is 75.7 Å². The lowest BCUT2D eigenvalue weighted by molar-refractivity contribution is -0.220. The molecular weight excluding hydrogens is 880 g/mol. The van der Waals surface area contributed by atoms with Crippen LogP contribution in [0.15, 0.2) is 85.1 Å². The van der Waals surface area contributed by atoms with Crippen LogP contribution < -0.4 is 0 Å². The third kappa shape index (κ3) is 33.0. The number of phosphoric ester groups is 1. The highest BCUT2D eigenvalue weighted by Gasteiger charge is 2.51. The Morgan fingerprint density at radius 3 is 1.52 bits per heavy atom. The summed E-state index contributed by atoms with van der Waals surface area (Å²) in [5, 5.41) is 50.2. The number of esters is 2.